The van der Waals surface area contributed by atoms with Crippen LogP contribution in [-0.4, -0.2) is 47.6 Å². The van der Waals surface area contributed by atoms with Crippen LogP contribution in [0.1, 0.15) is 10.4 Å². The summed E-state index contributed by atoms with van der Waals surface area (Å²) in [6.07, 6.45) is 0. The number of aromatic carboxylic acids is 1. The van der Waals surface area contributed by atoms with E-state index in [1.165, 1.54) is 27.4 Å². The van der Waals surface area contributed by atoms with E-state index in [1.807, 2.05) is 0 Å². The Hall–Kier alpha value is -3.78. The van der Waals surface area contributed by atoms with Crippen LogP contribution >= 0.6 is 11.6 Å². The third-order valence-electron chi connectivity index (χ3n) is 4.87. The Morgan fingerprint density at radius 2 is 1.71 bits per heavy atom. The third kappa shape index (κ3) is 3.51. The predicted molar refractivity (Wildman–Crippen MR) is 116 cm³/mol. The van der Waals surface area contributed by atoms with Gasteiger partial charge in [0.1, 0.15) is 0 Å². The summed E-state index contributed by atoms with van der Waals surface area (Å²) in [4.78, 5) is 16.7. The first-order valence-corrected chi connectivity index (χ1v) is 9.54. The predicted octanol–water partition coefficient (Wildman–Crippen LogP) is 4.67. The van der Waals surface area contributed by atoms with Gasteiger partial charge in [0, 0.05) is 16.1 Å². The Morgan fingerprint density at radius 3 is 2.32 bits per heavy atom. The monoisotopic (exact) mass is 439 g/mol. The number of nitrogens with zero attached hydrogens (tertiary/aromatic N) is 2. The maximum absolute atomic E-state index is 12.1. The van der Waals surface area contributed by atoms with Crippen molar-refractivity contribution >= 4 is 28.6 Å². The number of ether oxygens (including phenoxy) is 3. The molecular formula is C22H18ClN3O5. The van der Waals surface area contributed by atoms with Crippen LogP contribution in [0, 0.1) is 0 Å². The summed E-state index contributed by atoms with van der Waals surface area (Å²) in [6, 6.07) is 11.9. The summed E-state index contributed by atoms with van der Waals surface area (Å²) in [5.74, 6) is 0.126. The highest BCUT2D eigenvalue weighted by molar-refractivity contribution is 6.30. The van der Waals surface area contributed by atoms with Gasteiger partial charge in [0.25, 0.3) is 0 Å². The van der Waals surface area contributed by atoms with Crippen molar-refractivity contribution in [2.24, 2.45) is 0 Å². The minimum atomic E-state index is -1.11. The van der Waals surface area contributed by atoms with Gasteiger partial charge in [-0.2, -0.15) is 5.10 Å². The van der Waals surface area contributed by atoms with E-state index in [9.17, 15) is 9.90 Å². The van der Waals surface area contributed by atoms with Crippen LogP contribution < -0.4 is 14.2 Å². The van der Waals surface area contributed by atoms with Gasteiger partial charge in [0.15, 0.2) is 17.1 Å². The molecule has 2 N–H and O–H groups in total. The van der Waals surface area contributed by atoms with E-state index < -0.39 is 5.97 Å². The molecule has 0 saturated carbocycles. The number of aromatic amines is 1. The molecule has 4 aromatic rings. The van der Waals surface area contributed by atoms with E-state index in [4.69, 9.17) is 25.8 Å². The molecule has 0 spiro atoms. The zero-order valence-electron chi connectivity index (χ0n) is 16.9. The van der Waals surface area contributed by atoms with Crippen molar-refractivity contribution in [1.29, 1.82) is 0 Å². The lowest BCUT2D eigenvalue weighted by Gasteiger charge is -2.15. The summed E-state index contributed by atoms with van der Waals surface area (Å²) >= 11 is 5.97. The smallest absolute Gasteiger partial charge is 0.336 e. The highest BCUT2D eigenvalue weighted by atomic mass is 35.5. The standard InChI is InChI=1S/C22H18ClN3O5/c1-29-16-9-8-13(19(30-2)20(16)31-3)15-10-14(22(27)28)17-18(25-26-21(17)24-15)11-4-6-12(23)7-5-11/h4-10H,1-3H3,(H,27,28)(H,24,25,26). The van der Waals surface area contributed by atoms with Gasteiger partial charge >= 0.3 is 5.97 Å². The molecule has 0 amide bonds. The Bertz CT molecular complexity index is 1280. The molecule has 0 aliphatic heterocycles. The number of rotatable bonds is 6. The molecule has 31 heavy (non-hydrogen) atoms. The van der Waals surface area contributed by atoms with E-state index in [0.717, 1.165) is 5.56 Å². The second kappa shape index (κ2) is 8.16. The maximum atomic E-state index is 12.1. The molecule has 0 aliphatic rings. The second-order valence-electron chi connectivity index (χ2n) is 6.55. The molecule has 4 rings (SSSR count). The van der Waals surface area contributed by atoms with Gasteiger partial charge in [0.2, 0.25) is 5.75 Å². The number of carbonyl (C=O) groups is 1. The number of H-pyrrole nitrogens is 1. The topological polar surface area (TPSA) is 107 Å². The van der Waals surface area contributed by atoms with Crippen LogP contribution in [0.4, 0.5) is 0 Å². The average Bonchev–Trinajstić information content (AvgIpc) is 3.21. The van der Waals surface area contributed by atoms with Crippen molar-refractivity contribution < 1.29 is 24.1 Å². The second-order valence-corrected chi connectivity index (χ2v) is 6.98. The lowest BCUT2D eigenvalue weighted by molar-refractivity contribution is 0.0699. The highest BCUT2D eigenvalue weighted by Gasteiger charge is 2.23. The Balaban J connectivity index is 1.97. The number of aromatic nitrogens is 3. The molecule has 0 saturated heterocycles. The summed E-state index contributed by atoms with van der Waals surface area (Å²) in [5, 5.41) is 18.1. The fraction of sp³-hybridized carbons (Fsp3) is 0.136. The summed E-state index contributed by atoms with van der Waals surface area (Å²) in [5.41, 5.74) is 2.51. The molecule has 158 valence electrons. The first kappa shape index (κ1) is 20.5. The Kier molecular flexibility index (Phi) is 5.39. The minimum Gasteiger partial charge on any atom is -0.493 e. The molecule has 0 unspecified atom stereocenters. The number of pyridine rings is 1. The lowest BCUT2D eigenvalue weighted by atomic mass is 10.0. The number of nitrogens with one attached hydrogen (secondary N) is 1. The molecule has 0 fully saturated rings. The maximum Gasteiger partial charge on any atom is 0.336 e. The van der Waals surface area contributed by atoms with Crippen molar-refractivity contribution in [3.05, 3.63) is 53.1 Å². The highest BCUT2D eigenvalue weighted by Crippen LogP contribution is 2.44. The van der Waals surface area contributed by atoms with Crippen molar-refractivity contribution in [3.63, 3.8) is 0 Å². The molecule has 9 heteroatoms. The molecular weight excluding hydrogens is 422 g/mol. The summed E-state index contributed by atoms with van der Waals surface area (Å²) in [7, 11) is 4.51. The van der Waals surface area contributed by atoms with Crippen LogP contribution in [0.15, 0.2) is 42.5 Å². The SMILES string of the molecule is COc1ccc(-c2cc(C(=O)O)c3c(-c4ccc(Cl)cc4)[nH]nc3n2)c(OC)c1OC. The van der Waals surface area contributed by atoms with Crippen LogP contribution in [0.25, 0.3) is 33.5 Å². The number of carboxylic acids is 1. The van der Waals surface area contributed by atoms with E-state index in [0.29, 0.717) is 44.6 Å². The number of methoxy groups -OCH3 is 3. The van der Waals surface area contributed by atoms with Crippen molar-refractivity contribution in [3.8, 4) is 39.8 Å². The number of carboxylic acid groups (broad SMARTS) is 1. The zero-order valence-corrected chi connectivity index (χ0v) is 17.6. The minimum absolute atomic E-state index is 0.0514. The molecule has 8 nitrogen and oxygen atoms in total. The lowest BCUT2D eigenvalue weighted by Crippen LogP contribution is -2.02. The van der Waals surface area contributed by atoms with Gasteiger partial charge in [-0.05, 0) is 30.3 Å². The zero-order chi connectivity index (χ0) is 22.1. The number of halogens is 1. The van der Waals surface area contributed by atoms with Gasteiger partial charge in [-0.1, -0.05) is 23.7 Å². The van der Waals surface area contributed by atoms with Crippen molar-refractivity contribution in [2.45, 2.75) is 0 Å². The van der Waals surface area contributed by atoms with Crippen LogP contribution in [0.2, 0.25) is 5.02 Å². The van der Waals surface area contributed by atoms with E-state index in [1.54, 1.807) is 36.4 Å². The van der Waals surface area contributed by atoms with Gasteiger partial charge < -0.3 is 19.3 Å². The van der Waals surface area contributed by atoms with E-state index >= 15 is 0 Å². The Labute approximate surface area is 182 Å². The average molecular weight is 440 g/mol. The molecule has 2 aromatic heterocycles. The fourth-order valence-corrected chi connectivity index (χ4v) is 3.58. The van der Waals surface area contributed by atoms with Gasteiger partial charge in [0.05, 0.1) is 43.7 Å². The molecule has 0 radical (unpaired) electrons. The first-order valence-electron chi connectivity index (χ1n) is 9.16. The molecule has 0 aliphatic carbocycles. The van der Waals surface area contributed by atoms with E-state index in [-0.39, 0.29) is 11.2 Å². The molecule has 0 bridgehead atoms. The van der Waals surface area contributed by atoms with Gasteiger partial charge in [-0.15, -0.1) is 0 Å². The summed E-state index contributed by atoms with van der Waals surface area (Å²) < 4.78 is 16.3. The van der Waals surface area contributed by atoms with E-state index in [2.05, 4.69) is 15.2 Å². The molecule has 2 aromatic carbocycles. The first-order chi connectivity index (χ1) is 15.0. The number of hydrogen-bond acceptors (Lipinski definition) is 6. The van der Waals surface area contributed by atoms with Gasteiger partial charge in [-0.25, -0.2) is 9.78 Å². The molecule has 2 heterocycles. The molecule has 0 atom stereocenters. The number of benzene rings is 2. The largest absolute Gasteiger partial charge is 0.493 e. The van der Waals surface area contributed by atoms with Crippen molar-refractivity contribution in [2.75, 3.05) is 21.3 Å². The Morgan fingerprint density at radius 1 is 1.00 bits per heavy atom. The quantitative estimate of drug-likeness (QED) is 0.449. The third-order valence-corrected chi connectivity index (χ3v) is 5.12. The van der Waals surface area contributed by atoms with Crippen LogP contribution in [-0.2, 0) is 0 Å². The van der Waals surface area contributed by atoms with Crippen LogP contribution in [0.3, 0.4) is 0 Å². The summed E-state index contributed by atoms with van der Waals surface area (Å²) in [6.45, 7) is 0. The fourth-order valence-electron chi connectivity index (χ4n) is 3.46. The van der Waals surface area contributed by atoms with Crippen molar-refractivity contribution in [1.82, 2.24) is 15.2 Å². The normalized spacial score (nSPS) is 10.8. The van der Waals surface area contributed by atoms with Gasteiger partial charge in [-0.3, -0.25) is 5.10 Å². The van der Waals surface area contributed by atoms with Crippen LogP contribution in [0.5, 0.6) is 17.2 Å². The number of fused-ring (bicyclic) bond motifs is 1. The number of hydrogen-bond donors (Lipinski definition) is 2.